The highest BCUT2D eigenvalue weighted by Gasteiger charge is 2.40. The molecule has 0 aliphatic carbocycles. The summed E-state index contributed by atoms with van der Waals surface area (Å²) >= 11 is 0. The molecule has 1 saturated heterocycles. The van der Waals surface area contributed by atoms with E-state index >= 15 is 0 Å². The van der Waals surface area contributed by atoms with Gasteiger partial charge < -0.3 is 20.7 Å². The molecule has 1 aromatic rings. The summed E-state index contributed by atoms with van der Waals surface area (Å²) in [7, 11) is 0. The summed E-state index contributed by atoms with van der Waals surface area (Å²) in [6.07, 6.45) is 4.38. The minimum Gasteiger partial charge on any atom is -0.491 e. The number of piperidine rings is 1. The molecular weight excluding hydrogens is 390 g/mol. The Bertz CT molecular complexity index is 690. The Labute approximate surface area is 179 Å². The Morgan fingerprint density at radius 3 is 2.48 bits per heavy atom. The second kappa shape index (κ2) is 10.8. The molecule has 1 aromatic carbocycles. The van der Waals surface area contributed by atoms with Crippen LogP contribution in [0.25, 0.3) is 0 Å². The highest BCUT2D eigenvalue weighted by atomic mass is 35.5. The van der Waals surface area contributed by atoms with Crippen LogP contribution >= 0.6 is 12.4 Å². The van der Waals surface area contributed by atoms with E-state index in [-0.39, 0.29) is 41.6 Å². The van der Waals surface area contributed by atoms with Gasteiger partial charge in [-0.15, -0.1) is 12.4 Å². The molecule has 1 spiro atoms. The Kier molecular flexibility index (Phi) is 8.78. The third-order valence-electron chi connectivity index (χ3n) is 6.08. The van der Waals surface area contributed by atoms with Crippen LogP contribution in [0.15, 0.2) is 24.3 Å². The van der Waals surface area contributed by atoms with E-state index in [1.165, 1.54) is 0 Å². The molecule has 3 N–H and O–H groups in total. The van der Waals surface area contributed by atoms with Crippen LogP contribution in [0.1, 0.15) is 56.3 Å². The molecule has 1 atom stereocenters. The van der Waals surface area contributed by atoms with Crippen molar-refractivity contribution in [3.63, 3.8) is 0 Å². The molecule has 2 heterocycles. The number of ether oxygens (including phenoxy) is 1. The topological polar surface area (TPSA) is 79.5 Å². The van der Waals surface area contributed by atoms with E-state index in [0.29, 0.717) is 24.5 Å². The number of nitrogens with one attached hydrogen (secondary N) is 3. The van der Waals surface area contributed by atoms with Crippen molar-refractivity contribution in [1.29, 1.82) is 0 Å². The Morgan fingerprint density at radius 2 is 1.76 bits per heavy atom. The number of rotatable bonds is 1. The van der Waals surface area contributed by atoms with Gasteiger partial charge in [0, 0.05) is 6.54 Å². The second-order valence-corrected chi connectivity index (χ2v) is 8.37. The highest BCUT2D eigenvalue weighted by molar-refractivity contribution is 5.96. The fourth-order valence-corrected chi connectivity index (χ4v) is 4.06. The summed E-state index contributed by atoms with van der Waals surface area (Å²) in [6.45, 7) is 6.89. The van der Waals surface area contributed by atoms with E-state index in [2.05, 4.69) is 29.8 Å². The lowest BCUT2D eigenvalue weighted by molar-refractivity contribution is -0.134. The van der Waals surface area contributed by atoms with Crippen molar-refractivity contribution in [2.24, 2.45) is 11.3 Å². The van der Waals surface area contributed by atoms with Crippen LogP contribution in [0, 0.1) is 11.3 Å². The molecule has 2 aliphatic heterocycles. The molecule has 2 aliphatic rings. The number of fused-ring (bicyclic) bond motifs is 1. The zero-order chi connectivity index (χ0) is 20.0. The summed E-state index contributed by atoms with van der Waals surface area (Å²) in [6, 6.07) is 7.20. The number of halogens is 1. The molecular formula is C22H34ClN3O3. The maximum atomic E-state index is 13.3. The van der Waals surface area contributed by atoms with Crippen LogP contribution in [0.3, 0.4) is 0 Å². The number of hydrogen-bond donors (Lipinski definition) is 3. The molecule has 7 heteroatoms. The number of para-hydroxylation sites is 1. The average Bonchev–Trinajstić information content (AvgIpc) is 2.70. The zero-order valence-electron chi connectivity index (χ0n) is 17.5. The van der Waals surface area contributed by atoms with Gasteiger partial charge in [-0.05, 0) is 56.8 Å². The number of carbonyl (C=O) groups is 2. The van der Waals surface area contributed by atoms with Crippen LogP contribution in [0.4, 0.5) is 0 Å². The predicted molar refractivity (Wildman–Crippen MR) is 117 cm³/mol. The molecule has 162 valence electrons. The van der Waals surface area contributed by atoms with Gasteiger partial charge in [-0.2, -0.15) is 0 Å². The molecule has 0 bridgehead atoms. The molecule has 6 nitrogen and oxygen atoms in total. The quantitative estimate of drug-likeness (QED) is 0.648. The first-order chi connectivity index (χ1) is 13.5. The predicted octanol–water partition coefficient (Wildman–Crippen LogP) is 2.91. The molecule has 29 heavy (non-hydrogen) atoms. The van der Waals surface area contributed by atoms with Crippen LogP contribution in [-0.4, -0.2) is 44.1 Å². The van der Waals surface area contributed by atoms with Gasteiger partial charge in [-0.1, -0.05) is 32.4 Å². The molecule has 0 aromatic heterocycles. The third-order valence-corrected chi connectivity index (χ3v) is 6.08. The van der Waals surface area contributed by atoms with Gasteiger partial charge in [-0.3, -0.25) is 9.59 Å². The van der Waals surface area contributed by atoms with Crippen molar-refractivity contribution in [1.82, 2.24) is 16.0 Å². The first-order valence-corrected chi connectivity index (χ1v) is 10.5. The van der Waals surface area contributed by atoms with E-state index in [4.69, 9.17) is 4.74 Å². The average molecular weight is 424 g/mol. The lowest BCUT2D eigenvalue weighted by atomic mass is 9.74. The number of hydrogen-bond acceptors (Lipinski definition) is 4. The van der Waals surface area contributed by atoms with E-state index in [1.807, 2.05) is 18.2 Å². The summed E-state index contributed by atoms with van der Waals surface area (Å²) in [5.41, 5.74) is 0.230. The van der Waals surface area contributed by atoms with E-state index < -0.39 is 0 Å². The van der Waals surface area contributed by atoms with Crippen molar-refractivity contribution in [3.8, 4) is 5.75 Å². The summed E-state index contributed by atoms with van der Waals surface area (Å²) in [5, 5.41) is 9.65. The lowest BCUT2D eigenvalue weighted by Gasteiger charge is -2.38. The fourth-order valence-electron chi connectivity index (χ4n) is 4.06. The Hall–Kier alpha value is -1.79. The largest absolute Gasteiger partial charge is 0.491 e. The first kappa shape index (κ1) is 23.5. The van der Waals surface area contributed by atoms with Crippen molar-refractivity contribution >= 4 is 24.2 Å². The second-order valence-electron chi connectivity index (χ2n) is 8.37. The molecule has 2 amide bonds. The summed E-state index contributed by atoms with van der Waals surface area (Å²) < 4.78 is 6.01. The van der Waals surface area contributed by atoms with E-state index in [9.17, 15) is 9.59 Å². The zero-order valence-corrected chi connectivity index (χ0v) is 18.3. The van der Waals surface area contributed by atoms with Gasteiger partial charge in [0.25, 0.3) is 5.91 Å². The van der Waals surface area contributed by atoms with Crippen molar-refractivity contribution in [3.05, 3.63) is 29.8 Å². The fraction of sp³-hybridized carbons (Fsp3) is 0.636. The van der Waals surface area contributed by atoms with Gasteiger partial charge in [0.05, 0.1) is 17.0 Å². The lowest BCUT2D eigenvalue weighted by Crippen LogP contribution is -2.53. The minimum absolute atomic E-state index is 0. The highest BCUT2D eigenvalue weighted by Crippen LogP contribution is 2.35. The SMILES string of the molecule is CC(C)[C@H]1COc2ccccc2C(=O)NCCCCC2(CCNCC2)C(=O)N1.Cl. The Balaban J connectivity index is 0.00000300. The van der Waals surface area contributed by atoms with Crippen molar-refractivity contribution < 1.29 is 14.3 Å². The number of amides is 2. The third kappa shape index (κ3) is 5.86. The molecule has 1 fully saturated rings. The monoisotopic (exact) mass is 423 g/mol. The van der Waals surface area contributed by atoms with Gasteiger partial charge in [-0.25, -0.2) is 0 Å². The molecule has 0 radical (unpaired) electrons. The van der Waals surface area contributed by atoms with Crippen molar-refractivity contribution in [2.75, 3.05) is 26.2 Å². The van der Waals surface area contributed by atoms with E-state index in [0.717, 1.165) is 45.2 Å². The van der Waals surface area contributed by atoms with Gasteiger partial charge in [0.2, 0.25) is 5.91 Å². The van der Waals surface area contributed by atoms with Crippen LogP contribution in [0.5, 0.6) is 5.75 Å². The van der Waals surface area contributed by atoms with Gasteiger partial charge in [0.15, 0.2) is 0 Å². The van der Waals surface area contributed by atoms with Crippen LogP contribution in [0.2, 0.25) is 0 Å². The van der Waals surface area contributed by atoms with Crippen LogP contribution < -0.4 is 20.7 Å². The standard InChI is InChI=1S/C22H33N3O3.ClH/c1-16(2)18-15-28-19-8-4-3-7-17(19)20(26)24-12-6-5-9-22(21(27)25-18)10-13-23-14-11-22;/h3-4,7-8,16,18,23H,5-6,9-15H2,1-2H3,(H,24,26)(H,25,27);1H/t18-;/m1./s1. The number of benzene rings is 1. The van der Waals surface area contributed by atoms with Gasteiger partial charge in [0.1, 0.15) is 12.4 Å². The first-order valence-electron chi connectivity index (χ1n) is 10.5. The Morgan fingerprint density at radius 1 is 1.03 bits per heavy atom. The molecule has 3 rings (SSSR count). The maximum Gasteiger partial charge on any atom is 0.255 e. The van der Waals surface area contributed by atoms with Gasteiger partial charge >= 0.3 is 0 Å². The van der Waals surface area contributed by atoms with Crippen LogP contribution in [-0.2, 0) is 4.79 Å². The van der Waals surface area contributed by atoms with E-state index in [1.54, 1.807) is 6.07 Å². The number of carbonyl (C=O) groups excluding carboxylic acids is 2. The summed E-state index contributed by atoms with van der Waals surface area (Å²) in [4.78, 5) is 25.9. The normalized spacial score (nSPS) is 23.1. The maximum absolute atomic E-state index is 13.3. The molecule has 0 unspecified atom stereocenters. The minimum atomic E-state index is -0.315. The molecule has 0 saturated carbocycles. The smallest absolute Gasteiger partial charge is 0.255 e. The summed E-state index contributed by atoms with van der Waals surface area (Å²) in [5.74, 6) is 0.852. The van der Waals surface area contributed by atoms with Crippen molar-refractivity contribution in [2.45, 2.75) is 52.0 Å².